The number of hydrogen-bond donors (Lipinski definition) is 1. The van der Waals surface area contributed by atoms with Gasteiger partial charge < -0.3 is 15.2 Å². The topological polar surface area (TPSA) is 64.1 Å². The third kappa shape index (κ3) is 2.05. The normalized spacial score (nSPS) is 15.3. The summed E-state index contributed by atoms with van der Waals surface area (Å²) in [6.07, 6.45) is 2.20. The summed E-state index contributed by atoms with van der Waals surface area (Å²) >= 11 is 0. The minimum atomic E-state index is 0.130. The van der Waals surface area contributed by atoms with E-state index in [-0.39, 0.29) is 12.5 Å². The van der Waals surface area contributed by atoms with E-state index in [1.165, 1.54) is 0 Å². The molecule has 2 aromatic rings. The lowest BCUT2D eigenvalue weighted by Crippen LogP contribution is -2.31. The molecular weight excluding hydrogens is 240 g/mol. The van der Waals surface area contributed by atoms with Gasteiger partial charge in [-0.2, -0.15) is 0 Å². The van der Waals surface area contributed by atoms with Gasteiger partial charge in [-0.3, -0.25) is 4.79 Å². The molecule has 5 heteroatoms. The summed E-state index contributed by atoms with van der Waals surface area (Å²) in [5.74, 6) is 0.543. The summed E-state index contributed by atoms with van der Waals surface area (Å²) < 4.78 is 1.81. The Labute approximate surface area is 112 Å². The molecular formula is C14H18N4O. The molecule has 1 aliphatic heterocycles. The van der Waals surface area contributed by atoms with Gasteiger partial charge in [-0.1, -0.05) is 12.1 Å². The number of carbonyl (C=O) groups excluding carboxylic acids is 1. The number of aryl methyl sites for hydroxylation is 1. The molecule has 2 N–H and O–H groups in total. The summed E-state index contributed by atoms with van der Waals surface area (Å²) in [7, 11) is 0. The standard InChI is InChI=1S/C14H18N4O/c1-10-5-4-6-11-13(10)16-14(15)18(11)9-12(19)17-7-2-3-8-17/h4-6H,2-3,7-9H2,1H3,(H2,15,16). The molecule has 0 radical (unpaired) electrons. The number of fused-ring (bicyclic) bond motifs is 1. The summed E-state index contributed by atoms with van der Waals surface area (Å²) in [5, 5.41) is 0. The average Bonchev–Trinajstić information content (AvgIpc) is 3.00. The van der Waals surface area contributed by atoms with Crippen LogP contribution in [-0.2, 0) is 11.3 Å². The van der Waals surface area contributed by atoms with Crippen molar-refractivity contribution in [1.82, 2.24) is 14.5 Å². The van der Waals surface area contributed by atoms with Crippen molar-refractivity contribution in [2.75, 3.05) is 18.8 Å². The second-order valence-corrected chi connectivity index (χ2v) is 5.09. The number of nitrogen functional groups attached to an aromatic ring is 1. The molecule has 1 aromatic carbocycles. The van der Waals surface area contributed by atoms with Crippen LogP contribution in [0.15, 0.2) is 18.2 Å². The van der Waals surface area contributed by atoms with E-state index in [0.717, 1.165) is 42.5 Å². The number of nitrogens with two attached hydrogens (primary N) is 1. The number of nitrogens with zero attached hydrogens (tertiary/aromatic N) is 3. The van der Waals surface area contributed by atoms with Gasteiger partial charge in [0, 0.05) is 13.1 Å². The summed E-state index contributed by atoms with van der Waals surface area (Å²) in [5.41, 5.74) is 8.85. The second kappa shape index (κ2) is 4.57. The van der Waals surface area contributed by atoms with E-state index in [1.807, 2.05) is 34.6 Å². The van der Waals surface area contributed by atoms with Gasteiger partial charge in [0.25, 0.3) is 0 Å². The van der Waals surface area contributed by atoms with Crippen molar-refractivity contribution < 1.29 is 4.79 Å². The Morgan fingerprint density at radius 2 is 2.11 bits per heavy atom. The van der Waals surface area contributed by atoms with Crippen molar-refractivity contribution in [2.24, 2.45) is 0 Å². The predicted molar refractivity (Wildman–Crippen MR) is 74.7 cm³/mol. The lowest BCUT2D eigenvalue weighted by atomic mass is 10.2. The Bertz CT molecular complexity index is 626. The smallest absolute Gasteiger partial charge is 0.242 e. The molecule has 1 fully saturated rings. The maximum Gasteiger partial charge on any atom is 0.242 e. The van der Waals surface area contributed by atoms with Crippen LogP contribution in [0.1, 0.15) is 18.4 Å². The fourth-order valence-corrected chi connectivity index (χ4v) is 2.67. The molecule has 1 aromatic heterocycles. The van der Waals surface area contributed by atoms with Crippen molar-refractivity contribution in [3.8, 4) is 0 Å². The van der Waals surface area contributed by atoms with E-state index in [9.17, 15) is 4.79 Å². The highest BCUT2D eigenvalue weighted by atomic mass is 16.2. The molecule has 3 rings (SSSR count). The van der Waals surface area contributed by atoms with Crippen LogP contribution in [0.2, 0.25) is 0 Å². The lowest BCUT2D eigenvalue weighted by Gasteiger charge is -2.16. The zero-order valence-corrected chi connectivity index (χ0v) is 11.1. The number of benzene rings is 1. The number of rotatable bonds is 2. The molecule has 0 unspecified atom stereocenters. The maximum absolute atomic E-state index is 12.2. The van der Waals surface area contributed by atoms with E-state index in [1.54, 1.807) is 0 Å². The van der Waals surface area contributed by atoms with Gasteiger partial charge in [0.1, 0.15) is 6.54 Å². The zero-order valence-electron chi connectivity index (χ0n) is 11.1. The molecule has 0 aliphatic carbocycles. The molecule has 19 heavy (non-hydrogen) atoms. The first-order chi connectivity index (χ1) is 9.16. The third-order valence-corrected chi connectivity index (χ3v) is 3.76. The van der Waals surface area contributed by atoms with Crippen molar-refractivity contribution >= 4 is 22.9 Å². The number of likely N-dealkylation sites (tertiary alicyclic amines) is 1. The van der Waals surface area contributed by atoms with Crippen LogP contribution >= 0.6 is 0 Å². The molecule has 1 aliphatic rings. The first-order valence-electron chi connectivity index (χ1n) is 6.66. The quantitative estimate of drug-likeness (QED) is 0.889. The summed E-state index contributed by atoms with van der Waals surface area (Å²) in [6, 6.07) is 5.93. The number of imidazole rings is 1. The van der Waals surface area contributed by atoms with E-state index in [2.05, 4.69) is 4.98 Å². The van der Waals surface area contributed by atoms with Crippen LogP contribution in [0, 0.1) is 6.92 Å². The SMILES string of the molecule is Cc1cccc2c1nc(N)n2CC(=O)N1CCCC1. The van der Waals surface area contributed by atoms with Crippen LogP contribution in [0.3, 0.4) is 0 Å². The van der Waals surface area contributed by atoms with Gasteiger partial charge in [-0.05, 0) is 31.4 Å². The lowest BCUT2D eigenvalue weighted by molar-refractivity contribution is -0.130. The monoisotopic (exact) mass is 258 g/mol. The number of hydrogen-bond acceptors (Lipinski definition) is 3. The molecule has 0 saturated carbocycles. The molecule has 5 nitrogen and oxygen atoms in total. The predicted octanol–water partition coefficient (Wildman–Crippen LogP) is 1.55. The highest BCUT2D eigenvalue weighted by Crippen LogP contribution is 2.21. The van der Waals surface area contributed by atoms with E-state index >= 15 is 0 Å². The van der Waals surface area contributed by atoms with Crippen molar-refractivity contribution in [3.63, 3.8) is 0 Å². The fourth-order valence-electron chi connectivity index (χ4n) is 2.67. The van der Waals surface area contributed by atoms with Gasteiger partial charge in [0.2, 0.25) is 11.9 Å². The summed E-state index contributed by atoms with van der Waals surface area (Å²) in [4.78, 5) is 18.5. The van der Waals surface area contributed by atoms with Crippen LogP contribution in [-0.4, -0.2) is 33.4 Å². The maximum atomic E-state index is 12.2. The van der Waals surface area contributed by atoms with E-state index in [0.29, 0.717) is 5.95 Å². The largest absolute Gasteiger partial charge is 0.369 e. The Balaban J connectivity index is 1.94. The van der Waals surface area contributed by atoms with Gasteiger partial charge >= 0.3 is 0 Å². The summed E-state index contributed by atoms with van der Waals surface area (Å²) in [6.45, 7) is 4.02. The zero-order chi connectivity index (χ0) is 13.4. The minimum absolute atomic E-state index is 0.130. The first-order valence-corrected chi connectivity index (χ1v) is 6.66. The molecule has 0 atom stereocenters. The molecule has 0 bridgehead atoms. The molecule has 1 amide bonds. The minimum Gasteiger partial charge on any atom is -0.369 e. The molecule has 100 valence electrons. The number of carbonyl (C=O) groups is 1. The number of aromatic nitrogens is 2. The second-order valence-electron chi connectivity index (χ2n) is 5.09. The van der Waals surface area contributed by atoms with Gasteiger partial charge in [-0.25, -0.2) is 4.98 Å². The van der Waals surface area contributed by atoms with E-state index in [4.69, 9.17) is 5.73 Å². The Morgan fingerprint density at radius 1 is 1.37 bits per heavy atom. The van der Waals surface area contributed by atoms with Gasteiger partial charge in [-0.15, -0.1) is 0 Å². The molecule has 0 spiro atoms. The van der Waals surface area contributed by atoms with Crippen LogP contribution < -0.4 is 5.73 Å². The number of amides is 1. The van der Waals surface area contributed by atoms with Crippen molar-refractivity contribution in [2.45, 2.75) is 26.3 Å². The van der Waals surface area contributed by atoms with E-state index < -0.39 is 0 Å². The average molecular weight is 258 g/mol. The fraction of sp³-hybridized carbons (Fsp3) is 0.429. The number of para-hydroxylation sites is 1. The Morgan fingerprint density at radius 3 is 2.84 bits per heavy atom. The molecule has 1 saturated heterocycles. The third-order valence-electron chi connectivity index (χ3n) is 3.76. The molecule has 2 heterocycles. The van der Waals surface area contributed by atoms with Crippen molar-refractivity contribution in [1.29, 1.82) is 0 Å². The van der Waals surface area contributed by atoms with Crippen LogP contribution in [0.25, 0.3) is 11.0 Å². The highest BCUT2D eigenvalue weighted by molar-refractivity contribution is 5.84. The van der Waals surface area contributed by atoms with Crippen LogP contribution in [0.4, 0.5) is 5.95 Å². The van der Waals surface area contributed by atoms with Crippen molar-refractivity contribution in [3.05, 3.63) is 23.8 Å². The first kappa shape index (κ1) is 12.0. The van der Waals surface area contributed by atoms with Crippen LogP contribution in [0.5, 0.6) is 0 Å². The Kier molecular flexibility index (Phi) is 2.89. The Hall–Kier alpha value is -2.04. The highest BCUT2D eigenvalue weighted by Gasteiger charge is 2.20. The van der Waals surface area contributed by atoms with Gasteiger partial charge in [0.15, 0.2) is 0 Å². The number of anilines is 1. The van der Waals surface area contributed by atoms with Gasteiger partial charge in [0.05, 0.1) is 11.0 Å².